The van der Waals surface area contributed by atoms with Gasteiger partial charge in [0.05, 0.1) is 7.11 Å². The fourth-order valence-electron chi connectivity index (χ4n) is 1.68. The maximum atomic E-state index is 11.2. The first kappa shape index (κ1) is 14.6. The molecule has 0 fully saturated rings. The maximum Gasteiger partial charge on any atom is 0.261 e. The second-order valence-electron chi connectivity index (χ2n) is 4.06. The summed E-state index contributed by atoms with van der Waals surface area (Å²) in [6.07, 6.45) is 4.72. The zero-order valence-electron chi connectivity index (χ0n) is 10.9. The number of amides is 1. The third-order valence-electron chi connectivity index (χ3n) is 2.64. The molecule has 0 aromatic carbocycles. The number of thiophene rings is 1. The monoisotopic (exact) mass is 271 g/mol. The van der Waals surface area contributed by atoms with E-state index in [4.69, 9.17) is 16.2 Å². The molecular formula is C12H21N3O2S. The normalized spacial score (nSPS) is 10.3. The standard InChI is InChI=1S/C12H21N3O2S/c1-3-4-5-6-7-15-12-9(17-2)8(13)10(18-12)11(14)16/h15H,3-7,13H2,1-2H3,(H2,14,16). The molecule has 5 nitrogen and oxygen atoms in total. The van der Waals surface area contributed by atoms with E-state index in [0.29, 0.717) is 16.3 Å². The van der Waals surface area contributed by atoms with Crippen molar-refractivity contribution in [2.24, 2.45) is 5.73 Å². The zero-order chi connectivity index (χ0) is 13.5. The summed E-state index contributed by atoms with van der Waals surface area (Å²) in [5, 5.41) is 4.02. The van der Waals surface area contributed by atoms with Crippen LogP contribution in [0.2, 0.25) is 0 Å². The van der Waals surface area contributed by atoms with Crippen LogP contribution in [0, 0.1) is 0 Å². The van der Waals surface area contributed by atoms with E-state index in [0.717, 1.165) is 18.0 Å². The number of ether oxygens (including phenoxy) is 1. The van der Waals surface area contributed by atoms with E-state index in [-0.39, 0.29) is 0 Å². The number of hydrogen-bond acceptors (Lipinski definition) is 5. The van der Waals surface area contributed by atoms with Crippen LogP contribution >= 0.6 is 11.3 Å². The molecule has 0 radical (unpaired) electrons. The number of rotatable bonds is 8. The Balaban J connectivity index is 2.64. The molecule has 102 valence electrons. The van der Waals surface area contributed by atoms with E-state index >= 15 is 0 Å². The van der Waals surface area contributed by atoms with Crippen LogP contribution in [0.15, 0.2) is 0 Å². The molecule has 1 heterocycles. The number of carbonyl (C=O) groups is 1. The lowest BCUT2D eigenvalue weighted by Gasteiger charge is -2.06. The van der Waals surface area contributed by atoms with Gasteiger partial charge < -0.3 is 21.5 Å². The third kappa shape index (κ3) is 3.53. The summed E-state index contributed by atoms with van der Waals surface area (Å²) in [4.78, 5) is 11.5. The summed E-state index contributed by atoms with van der Waals surface area (Å²) in [6, 6.07) is 0. The third-order valence-corrected chi connectivity index (χ3v) is 3.80. The molecule has 0 aliphatic heterocycles. The minimum Gasteiger partial charge on any atom is -0.492 e. The summed E-state index contributed by atoms with van der Waals surface area (Å²) in [5.41, 5.74) is 11.4. The average molecular weight is 271 g/mol. The summed E-state index contributed by atoms with van der Waals surface area (Å²) in [5.74, 6) is -0.000811. The van der Waals surface area contributed by atoms with E-state index in [9.17, 15) is 4.79 Å². The number of unbranched alkanes of at least 4 members (excludes halogenated alkanes) is 3. The number of hydrogen-bond donors (Lipinski definition) is 3. The Bertz CT molecular complexity index is 404. The van der Waals surface area contributed by atoms with Crippen LogP contribution in [0.1, 0.15) is 42.3 Å². The van der Waals surface area contributed by atoms with Crippen molar-refractivity contribution < 1.29 is 9.53 Å². The summed E-state index contributed by atoms with van der Waals surface area (Å²) < 4.78 is 5.20. The largest absolute Gasteiger partial charge is 0.492 e. The Morgan fingerprint density at radius 2 is 2.11 bits per heavy atom. The van der Waals surface area contributed by atoms with Crippen molar-refractivity contribution in [2.45, 2.75) is 32.6 Å². The van der Waals surface area contributed by atoms with E-state index in [1.165, 1.54) is 37.7 Å². The zero-order valence-corrected chi connectivity index (χ0v) is 11.7. The quantitative estimate of drug-likeness (QED) is 0.633. The van der Waals surface area contributed by atoms with Gasteiger partial charge in [-0.05, 0) is 6.42 Å². The first-order chi connectivity index (χ1) is 8.61. The Morgan fingerprint density at radius 3 is 2.67 bits per heavy atom. The van der Waals surface area contributed by atoms with Gasteiger partial charge in [-0.25, -0.2) is 0 Å². The number of carbonyl (C=O) groups excluding carboxylic acids is 1. The Morgan fingerprint density at radius 1 is 1.39 bits per heavy atom. The topological polar surface area (TPSA) is 90.4 Å². The van der Waals surface area contributed by atoms with Gasteiger partial charge in [0.15, 0.2) is 5.75 Å². The molecule has 0 unspecified atom stereocenters. The van der Waals surface area contributed by atoms with Crippen molar-refractivity contribution in [2.75, 3.05) is 24.7 Å². The first-order valence-corrected chi connectivity index (χ1v) is 6.93. The SMILES string of the molecule is CCCCCCNc1sc(C(N)=O)c(N)c1OC. The molecule has 6 heteroatoms. The molecule has 1 amide bonds. The molecule has 0 saturated heterocycles. The lowest BCUT2D eigenvalue weighted by Crippen LogP contribution is -2.10. The van der Waals surface area contributed by atoms with Gasteiger partial charge >= 0.3 is 0 Å². The molecule has 0 saturated carbocycles. The molecular weight excluding hydrogens is 250 g/mol. The molecule has 1 rings (SSSR count). The Hall–Kier alpha value is -1.43. The van der Waals surface area contributed by atoms with E-state index in [1.807, 2.05) is 0 Å². The van der Waals surface area contributed by atoms with Crippen LogP contribution in [-0.2, 0) is 0 Å². The fraction of sp³-hybridized carbons (Fsp3) is 0.583. The highest BCUT2D eigenvalue weighted by molar-refractivity contribution is 7.19. The predicted octanol–water partition coefficient (Wildman–Crippen LogP) is 2.43. The molecule has 0 bridgehead atoms. The minimum absolute atomic E-state index is 0.325. The number of primary amides is 1. The van der Waals surface area contributed by atoms with Crippen LogP contribution < -0.4 is 21.5 Å². The van der Waals surface area contributed by atoms with Gasteiger partial charge in [0.1, 0.15) is 15.6 Å². The first-order valence-electron chi connectivity index (χ1n) is 6.11. The van der Waals surface area contributed by atoms with E-state index < -0.39 is 5.91 Å². The number of methoxy groups -OCH3 is 1. The van der Waals surface area contributed by atoms with Crippen molar-refractivity contribution in [3.8, 4) is 5.75 Å². The number of nitrogen functional groups attached to an aromatic ring is 1. The Labute approximate surface area is 111 Å². The number of nitrogens with two attached hydrogens (primary N) is 2. The smallest absolute Gasteiger partial charge is 0.261 e. The lowest BCUT2D eigenvalue weighted by molar-refractivity contribution is 0.100. The number of anilines is 2. The molecule has 0 aliphatic rings. The van der Waals surface area contributed by atoms with E-state index in [1.54, 1.807) is 0 Å². The Kier molecular flexibility index (Phi) is 5.77. The highest BCUT2D eigenvalue weighted by atomic mass is 32.1. The van der Waals surface area contributed by atoms with Crippen molar-refractivity contribution in [3.05, 3.63) is 4.88 Å². The van der Waals surface area contributed by atoms with Crippen LogP contribution in [0.5, 0.6) is 5.75 Å². The fourth-order valence-corrected chi connectivity index (χ4v) is 2.65. The van der Waals surface area contributed by atoms with Gasteiger partial charge in [-0.15, -0.1) is 11.3 Å². The van der Waals surface area contributed by atoms with Gasteiger partial charge in [0.25, 0.3) is 5.91 Å². The van der Waals surface area contributed by atoms with Crippen LogP contribution in [0.4, 0.5) is 10.7 Å². The molecule has 18 heavy (non-hydrogen) atoms. The van der Waals surface area contributed by atoms with Crippen molar-refractivity contribution in [3.63, 3.8) is 0 Å². The second kappa shape index (κ2) is 7.10. The maximum absolute atomic E-state index is 11.2. The highest BCUT2D eigenvalue weighted by Gasteiger charge is 2.19. The second-order valence-corrected chi connectivity index (χ2v) is 5.08. The minimum atomic E-state index is -0.519. The van der Waals surface area contributed by atoms with E-state index in [2.05, 4.69) is 12.2 Å². The number of nitrogens with one attached hydrogen (secondary N) is 1. The van der Waals surface area contributed by atoms with Crippen LogP contribution in [0.25, 0.3) is 0 Å². The van der Waals surface area contributed by atoms with Gasteiger partial charge in [-0.3, -0.25) is 4.79 Å². The van der Waals surface area contributed by atoms with Gasteiger partial charge in [0.2, 0.25) is 0 Å². The van der Waals surface area contributed by atoms with Crippen molar-refractivity contribution in [1.29, 1.82) is 0 Å². The molecule has 0 aliphatic carbocycles. The van der Waals surface area contributed by atoms with Crippen molar-refractivity contribution >= 4 is 27.9 Å². The van der Waals surface area contributed by atoms with Crippen LogP contribution in [0.3, 0.4) is 0 Å². The predicted molar refractivity (Wildman–Crippen MR) is 76.4 cm³/mol. The van der Waals surface area contributed by atoms with Crippen LogP contribution in [-0.4, -0.2) is 19.6 Å². The lowest BCUT2D eigenvalue weighted by atomic mass is 10.2. The van der Waals surface area contributed by atoms with Crippen molar-refractivity contribution in [1.82, 2.24) is 0 Å². The molecule has 0 atom stereocenters. The summed E-state index contributed by atoms with van der Waals surface area (Å²) in [7, 11) is 1.53. The molecule has 0 spiro atoms. The molecule has 5 N–H and O–H groups in total. The summed E-state index contributed by atoms with van der Waals surface area (Å²) in [6.45, 7) is 3.02. The molecule has 1 aromatic rings. The summed E-state index contributed by atoms with van der Waals surface area (Å²) >= 11 is 1.25. The highest BCUT2D eigenvalue weighted by Crippen LogP contribution is 2.42. The average Bonchev–Trinajstić information content (AvgIpc) is 2.65. The van der Waals surface area contributed by atoms with Gasteiger partial charge in [-0.2, -0.15) is 0 Å². The van der Waals surface area contributed by atoms with Gasteiger partial charge in [-0.1, -0.05) is 26.2 Å². The van der Waals surface area contributed by atoms with Gasteiger partial charge in [0, 0.05) is 6.54 Å². The molecule has 1 aromatic heterocycles.